The zero-order chi connectivity index (χ0) is 20.1. The molecule has 0 radical (unpaired) electrons. The van der Waals surface area contributed by atoms with Crippen LogP contribution in [0.2, 0.25) is 0 Å². The van der Waals surface area contributed by atoms with Gasteiger partial charge in [0, 0.05) is 27.9 Å². The van der Waals surface area contributed by atoms with Crippen molar-refractivity contribution in [2.45, 2.75) is 18.7 Å². The van der Waals surface area contributed by atoms with Crippen molar-refractivity contribution in [1.29, 1.82) is 0 Å². The number of aryl methyl sites for hydroxylation is 2. The SMILES string of the molecule is Cc1ccc(NS(=O)(=O)c2ccc3c(c2)C(=O)c2ccccc2C3=O)cc1C. The van der Waals surface area contributed by atoms with E-state index in [1.54, 1.807) is 36.4 Å². The molecule has 6 heteroatoms. The van der Waals surface area contributed by atoms with Crippen LogP contribution in [0.15, 0.2) is 65.6 Å². The third-order valence-electron chi connectivity index (χ3n) is 4.97. The van der Waals surface area contributed by atoms with E-state index in [0.29, 0.717) is 11.3 Å². The van der Waals surface area contributed by atoms with Crippen LogP contribution in [0, 0.1) is 13.8 Å². The van der Waals surface area contributed by atoms with Gasteiger partial charge in [0.15, 0.2) is 11.6 Å². The molecule has 0 unspecified atom stereocenters. The summed E-state index contributed by atoms with van der Waals surface area (Å²) < 4.78 is 28.2. The van der Waals surface area contributed by atoms with Crippen molar-refractivity contribution in [2.75, 3.05) is 4.72 Å². The van der Waals surface area contributed by atoms with Crippen molar-refractivity contribution in [1.82, 2.24) is 0 Å². The minimum Gasteiger partial charge on any atom is -0.289 e. The molecule has 0 aromatic heterocycles. The molecule has 0 aliphatic heterocycles. The van der Waals surface area contributed by atoms with Crippen molar-refractivity contribution >= 4 is 27.3 Å². The molecule has 0 saturated heterocycles. The van der Waals surface area contributed by atoms with Crippen molar-refractivity contribution in [3.05, 3.63) is 94.0 Å². The van der Waals surface area contributed by atoms with Gasteiger partial charge in [0.25, 0.3) is 10.0 Å². The first-order chi connectivity index (χ1) is 13.3. The maximum absolute atomic E-state index is 12.8. The molecule has 3 aromatic rings. The zero-order valence-electron chi connectivity index (χ0n) is 15.3. The average Bonchev–Trinajstić information content (AvgIpc) is 2.68. The van der Waals surface area contributed by atoms with E-state index in [4.69, 9.17) is 0 Å². The Hall–Kier alpha value is -3.25. The van der Waals surface area contributed by atoms with Crippen LogP contribution in [-0.2, 0) is 10.0 Å². The quantitative estimate of drug-likeness (QED) is 0.575. The normalized spacial score (nSPS) is 13.1. The number of hydrogen-bond acceptors (Lipinski definition) is 4. The summed E-state index contributed by atoms with van der Waals surface area (Å²) in [6, 6.07) is 15.8. The minimum absolute atomic E-state index is 0.0648. The molecule has 0 fully saturated rings. The molecule has 0 heterocycles. The Labute approximate surface area is 163 Å². The van der Waals surface area contributed by atoms with Gasteiger partial charge in [0.2, 0.25) is 0 Å². The molecule has 0 atom stereocenters. The van der Waals surface area contributed by atoms with E-state index in [9.17, 15) is 18.0 Å². The molecular formula is C22H17NO4S. The lowest BCUT2D eigenvalue weighted by Crippen LogP contribution is -2.22. The van der Waals surface area contributed by atoms with Gasteiger partial charge < -0.3 is 0 Å². The van der Waals surface area contributed by atoms with Crippen LogP contribution >= 0.6 is 0 Å². The second kappa shape index (κ2) is 6.42. The van der Waals surface area contributed by atoms with Crippen LogP contribution in [-0.4, -0.2) is 20.0 Å². The number of hydrogen-bond donors (Lipinski definition) is 1. The fourth-order valence-electron chi connectivity index (χ4n) is 3.26. The molecule has 1 N–H and O–H groups in total. The third-order valence-corrected chi connectivity index (χ3v) is 6.34. The van der Waals surface area contributed by atoms with Gasteiger partial charge in [-0.2, -0.15) is 0 Å². The predicted molar refractivity (Wildman–Crippen MR) is 106 cm³/mol. The monoisotopic (exact) mass is 391 g/mol. The molecule has 4 rings (SSSR count). The van der Waals surface area contributed by atoms with Gasteiger partial charge in [-0.15, -0.1) is 0 Å². The standard InChI is InChI=1S/C22H17NO4S/c1-13-7-8-15(11-14(13)2)23-28(26,27)16-9-10-19-20(12-16)22(25)18-6-4-3-5-17(18)21(19)24/h3-12,23H,1-2H3. The second-order valence-electron chi connectivity index (χ2n) is 6.82. The molecule has 3 aromatic carbocycles. The maximum Gasteiger partial charge on any atom is 0.261 e. The van der Waals surface area contributed by atoms with Gasteiger partial charge in [-0.3, -0.25) is 14.3 Å². The average molecular weight is 391 g/mol. The van der Waals surface area contributed by atoms with Crippen LogP contribution in [0.4, 0.5) is 5.69 Å². The van der Waals surface area contributed by atoms with E-state index in [2.05, 4.69) is 4.72 Å². The molecule has 140 valence electrons. The number of carbonyl (C=O) groups excluding carboxylic acids is 2. The molecule has 28 heavy (non-hydrogen) atoms. The Balaban J connectivity index is 1.75. The van der Waals surface area contributed by atoms with Crippen molar-refractivity contribution in [2.24, 2.45) is 0 Å². The number of sulfonamides is 1. The fraction of sp³-hybridized carbons (Fsp3) is 0.0909. The van der Waals surface area contributed by atoms with Crippen molar-refractivity contribution < 1.29 is 18.0 Å². The van der Waals surface area contributed by atoms with Gasteiger partial charge >= 0.3 is 0 Å². The number of carbonyl (C=O) groups is 2. The Morgan fingerprint density at radius 2 is 1.29 bits per heavy atom. The first-order valence-corrected chi connectivity index (χ1v) is 10.2. The summed E-state index contributed by atoms with van der Waals surface area (Å²) >= 11 is 0. The largest absolute Gasteiger partial charge is 0.289 e. The number of nitrogens with one attached hydrogen (secondary N) is 1. The summed E-state index contributed by atoms with van der Waals surface area (Å²) in [6.45, 7) is 3.84. The van der Waals surface area contributed by atoms with Gasteiger partial charge in [0.1, 0.15) is 0 Å². The molecule has 1 aliphatic rings. The zero-order valence-corrected chi connectivity index (χ0v) is 16.1. The lowest BCUT2D eigenvalue weighted by Gasteiger charge is -2.18. The Bertz CT molecular complexity index is 1260. The Morgan fingerprint density at radius 3 is 1.93 bits per heavy atom. The number of rotatable bonds is 3. The van der Waals surface area contributed by atoms with Crippen LogP contribution in [0.25, 0.3) is 0 Å². The summed E-state index contributed by atoms with van der Waals surface area (Å²) in [5, 5.41) is 0. The lowest BCUT2D eigenvalue weighted by molar-refractivity contribution is 0.0979. The smallest absolute Gasteiger partial charge is 0.261 e. The highest BCUT2D eigenvalue weighted by Crippen LogP contribution is 2.29. The summed E-state index contributed by atoms with van der Waals surface area (Å²) in [5.41, 5.74) is 3.40. The molecule has 0 bridgehead atoms. The van der Waals surface area contributed by atoms with E-state index in [1.165, 1.54) is 18.2 Å². The van der Waals surface area contributed by atoms with E-state index >= 15 is 0 Å². The first kappa shape index (κ1) is 18.1. The van der Waals surface area contributed by atoms with Gasteiger partial charge in [-0.1, -0.05) is 30.3 Å². The fourth-order valence-corrected chi connectivity index (χ4v) is 4.34. The number of ketones is 2. The number of fused-ring (bicyclic) bond motifs is 2. The highest BCUT2D eigenvalue weighted by molar-refractivity contribution is 7.92. The van der Waals surface area contributed by atoms with Crippen molar-refractivity contribution in [3.63, 3.8) is 0 Å². The Morgan fingerprint density at radius 1 is 0.679 bits per heavy atom. The number of benzene rings is 3. The van der Waals surface area contributed by atoms with Crippen LogP contribution in [0.3, 0.4) is 0 Å². The number of anilines is 1. The topological polar surface area (TPSA) is 80.3 Å². The molecular weight excluding hydrogens is 374 g/mol. The second-order valence-corrected chi connectivity index (χ2v) is 8.50. The van der Waals surface area contributed by atoms with E-state index < -0.39 is 10.0 Å². The van der Waals surface area contributed by atoms with Crippen LogP contribution in [0.1, 0.15) is 43.0 Å². The van der Waals surface area contributed by atoms with E-state index in [1.807, 2.05) is 19.9 Å². The summed E-state index contributed by atoms with van der Waals surface area (Å²) in [5.74, 6) is -0.635. The molecule has 0 amide bonds. The van der Waals surface area contributed by atoms with Crippen LogP contribution < -0.4 is 4.72 Å². The summed E-state index contributed by atoms with van der Waals surface area (Å²) in [7, 11) is -3.91. The third kappa shape index (κ3) is 2.92. The maximum atomic E-state index is 12.8. The van der Waals surface area contributed by atoms with Gasteiger partial charge in [-0.05, 0) is 55.3 Å². The first-order valence-electron chi connectivity index (χ1n) is 8.70. The van der Waals surface area contributed by atoms with Crippen molar-refractivity contribution in [3.8, 4) is 0 Å². The minimum atomic E-state index is -3.91. The van der Waals surface area contributed by atoms with Gasteiger partial charge in [-0.25, -0.2) is 8.42 Å². The highest BCUT2D eigenvalue weighted by atomic mass is 32.2. The molecule has 5 nitrogen and oxygen atoms in total. The summed E-state index contributed by atoms with van der Waals surface area (Å²) in [6.07, 6.45) is 0. The predicted octanol–water partition coefficient (Wildman–Crippen LogP) is 3.88. The van der Waals surface area contributed by atoms with E-state index in [-0.39, 0.29) is 33.2 Å². The molecule has 1 aliphatic carbocycles. The highest BCUT2D eigenvalue weighted by Gasteiger charge is 2.30. The van der Waals surface area contributed by atoms with Crippen LogP contribution in [0.5, 0.6) is 0 Å². The Kier molecular flexibility index (Phi) is 4.16. The molecule has 0 spiro atoms. The lowest BCUT2D eigenvalue weighted by atomic mass is 9.84. The van der Waals surface area contributed by atoms with E-state index in [0.717, 1.165) is 11.1 Å². The molecule has 0 saturated carbocycles. The van der Waals surface area contributed by atoms with Gasteiger partial charge in [0.05, 0.1) is 4.90 Å². The summed E-state index contributed by atoms with van der Waals surface area (Å²) in [4.78, 5) is 25.4.